The summed E-state index contributed by atoms with van der Waals surface area (Å²) in [5, 5.41) is 6.43. The highest BCUT2D eigenvalue weighted by Crippen LogP contribution is 2.24. The van der Waals surface area contributed by atoms with Gasteiger partial charge in [0.1, 0.15) is 5.69 Å². The van der Waals surface area contributed by atoms with E-state index in [1.54, 1.807) is 11.3 Å². The van der Waals surface area contributed by atoms with Crippen LogP contribution >= 0.6 is 11.3 Å². The standard InChI is InChI=1S/C15H20N4OS/c1-10-7-19(5-4-16-10)15(20)14-6-12(8-18(14)3)13-9-21-11(2)17-13/h6,8-10,16H,4-5,7H2,1-3H3. The van der Waals surface area contributed by atoms with Crippen molar-refractivity contribution >= 4 is 17.2 Å². The van der Waals surface area contributed by atoms with Crippen LogP contribution in [0.25, 0.3) is 11.3 Å². The van der Waals surface area contributed by atoms with E-state index in [9.17, 15) is 4.79 Å². The van der Waals surface area contributed by atoms with Crippen LogP contribution in [0.2, 0.25) is 0 Å². The third-order valence-corrected chi connectivity index (χ3v) is 4.57. The van der Waals surface area contributed by atoms with E-state index in [0.29, 0.717) is 6.04 Å². The summed E-state index contributed by atoms with van der Waals surface area (Å²) in [6.07, 6.45) is 1.98. The quantitative estimate of drug-likeness (QED) is 0.922. The second-order valence-corrected chi connectivity index (χ2v) is 6.65. The first-order valence-electron chi connectivity index (χ1n) is 7.16. The molecule has 5 nitrogen and oxygen atoms in total. The minimum Gasteiger partial charge on any atom is -0.346 e. The van der Waals surface area contributed by atoms with E-state index < -0.39 is 0 Å². The number of aromatic nitrogens is 2. The first-order chi connectivity index (χ1) is 10.0. The Morgan fingerprint density at radius 3 is 3.00 bits per heavy atom. The highest BCUT2D eigenvalue weighted by molar-refractivity contribution is 7.09. The summed E-state index contributed by atoms with van der Waals surface area (Å²) in [5.74, 6) is 0.101. The van der Waals surface area contributed by atoms with Gasteiger partial charge in [-0.3, -0.25) is 4.79 Å². The number of nitrogens with one attached hydrogen (secondary N) is 1. The van der Waals surface area contributed by atoms with Gasteiger partial charge in [0.05, 0.1) is 10.7 Å². The van der Waals surface area contributed by atoms with Crippen LogP contribution in [0.5, 0.6) is 0 Å². The molecule has 1 atom stereocenters. The van der Waals surface area contributed by atoms with Gasteiger partial charge in [0.25, 0.3) is 5.91 Å². The monoisotopic (exact) mass is 304 g/mol. The average molecular weight is 304 g/mol. The summed E-state index contributed by atoms with van der Waals surface area (Å²) < 4.78 is 1.90. The van der Waals surface area contributed by atoms with Gasteiger partial charge in [0, 0.05) is 49.9 Å². The maximum absolute atomic E-state index is 12.7. The van der Waals surface area contributed by atoms with Crippen LogP contribution in [0, 0.1) is 6.92 Å². The first kappa shape index (κ1) is 14.3. The number of thiazole rings is 1. The highest BCUT2D eigenvalue weighted by atomic mass is 32.1. The second-order valence-electron chi connectivity index (χ2n) is 5.58. The lowest BCUT2D eigenvalue weighted by molar-refractivity contribution is 0.0699. The van der Waals surface area contributed by atoms with Crippen LogP contribution in [0.15, 0.2) is 17.6 Å². The van der Waals surface area contributed by atoms with E-state index in [2.05, 4.69) is 17.2 Å². The Morgan fingerprint density at radius 2 is 2.33 bits per heavy atom. The molecule has 112 valence electrons. The summed E-state index contributed by atoms with van der Waals surface area (Å²) in [6.45, 7) is 6.48. The number of hydrogen-bond acceptors (Lipinski definition) is 4. The minimum atomic E-state index is 0.101. The molecule has 2 aromatic heterocycles. The zero-order chi connectivity index (χ0) is 15.0. The molecule has 1 N–H and O–H groups in total. The summed E-state index contributed by atoms with van der Waals surface area (Å²) >= 11 is 1.63. The molecular weight excluding hydrogens is 284 g/mol. The summed E-state index contributed by atoms with van der Waals surface area (Å²) in [5.41, 5.74) is 2.68. The second kappa shape index (κ2) is 5.61. The molecule has 1 unspecified atom stereocenters. The Hall–Kier alpha value is -1.66. The number of carbonyl (C=O) groups excluding carboxylic acids is 1. The van der Waals surface area contributed by atoms with E-state index >= 15 is 0 Å². The molecule has 0 radical (unpaired) electrons. The van der Waals surface area contributed by atoms with E-state index in [4.69, 9.17) is 0 Å². The largest absolute Gasteiger partial charge is 0.346 e. The third kappa shape index (κ3) is 2.87. The van der Waals surface area contributed by atoms with Crippen LogP contribution in [-0.2, 0) is 7.05 Å². The van der Waals surface area contributed by atoms with Gasteiger partial charge in [-0.2, -0.15) is 0 Å². The Bertz CT molecular complexity index is 660. The van der Waals surface area contributed by atoms with Crippen molar-refractivity contribution in [2.45, 2.75) is 19.9 Å². The Kier molecular flexibility index (Phi) is 3.82. The first-order valence-corrected chi connectivity index (χ1v) is 8.04. The molecule has 3 heterocycles. The number of piperazine rings is 1. The molecule has 0 bridgehead atoms. The molecule has 1 saturated heterocycles. The predicted molar refractivity (Wildman–Crippen MR) is 84.6 cm³/mol. The lowest BCUT2D eigenvalue weighted by atomic mass is 10.2. The molecule has 1 fully saturated rings. The van der Waals surface area contributed by atoms with Crippen molar-refractivity contribution in [1.82, 2.24) is 19.8 Å². The van der Waals surface area contributed by atoms with Gasteiger partial charge in [0.15, 0.2) is 0 Å². The van der Waals surface area contributed by atoms with E-state index in [1.807, 2.05) is 41.1 Å². The fourth-order valence-corrected chi connectivity index (χ4v) is 3.31. The Morgan fingerprint density at radius 1 is 1.52 bits per heavy atom. The molecule has 1 amide bonds. The van der Waals surface area contributed by atoms with Gasteiger partial charge in [0.2, 0.25) is 0 Å². The zero-order valence-corrected chi connectivity index (χ0v) is 13.4. The lowest BCUT2D eigenvalue weighted by Crippen LogP contribution is -2.51. The third-order valence-electron chi connectivity index (χ3n) is 3.79. The summed E-state index contributed by atoms with van der Waals surface area (Å²) in [6, 6.07) is 2.30. The van der Waals surface area contributed by atoms with Crippen molar-refractivity contribution in [3.8, 4) is 11.3 Å². The Balaban J connectivity index is 1.85. The zero-order valence-electron chi connectivity index (χ0n) is 12.6. The molecule has 3 rings (SSSR count). The average Bonchev–Trinajstić information content (AvgIpc) is 3.04. The number of rotatable bonds is 2. The van der Waals surface area contributed by atoms with Crippen molar-refractivity contribution < 1.29 is 4.79 Å². The fourth-order valence-electron chi connectivity index (χ4n) is 2.69. The molecule has 2 aromatic rings. The van der Waals surface area contributed by atoms with Crippen molar-refractivity contribution in [2.75, 3.05) is 19.6 Å². The minimum absolute atomic E-state index is 0.101. The molecule has 0 aromatic carbocycles. The van der Waals surface area contributed by atoms with Crippen LogP contribution in [0.4, 0.5) is 0 Å². The van der Waals surface area contributed by atoms with Crippen LogP contribution in [0.1, 0.15) is 22.4 Å². The fraction of sp³-hybridized carbons (Fsp3) is 0.467. The van der Waals surface area contributed by atoms with Crippen LogP contribution in [-0.4, -0.2) is 46.0 Å². The van der Waals surface area contributed by atoms with Gasteiger partial charge in [-0.25, -0.2) is 4.98 Å². The number of carbonyl (C=O) groups is 1. The van der Waals surface area contributed by atoms with Crippen molar-refractivity contribution in [3.63, 3.8) is 0 Å². The maximum atomic E-state index is 12.7. The van der Waals surface area contributed by atoms with Gasteiger partial charge in [-0.15, -0.1) is 11.3 Å². The van der Waals surface area contributed by atoms with Gasteiger partial charge in [-0.05, 0) is 19.9 Å². The van der Waals surface area contributed by atoms with Crippen LogP contribution < -0.4 is 5.32 Å². The molecule has 6 heteroatoms. The molecular formula is C15H20N4OS. The maximum Gasteiger partial charge on any atom is 0.270 e. The van der Waals surface area contributed by atoms with Gasteiger partial charge in [-0.1, -0.05) is 0 Å². The van der Waals surface area contributed by atoms with Crippen LogP contribution in [0.3, 0.4) is 0 Å². The number of nitrogens with zero attached hydrogens (tertiary/aromatic N) is 3. The molecule has 21 heavy (non-hydrogen) atoms. The normalized spacial score (nSPS) is 19.0. The van der Waals surface area contributed by atoms with Crippen molar-refractivity contribution in [1.29, 1.82) is 0 Å². The van der Waals surface area contributed by atoms with Crippen molar-refractivity contribution in [2.24, 2.45) is 7.05 Å². The summed E-state index contributed by atoms with van der Waals surface area (Å²) in [7, 11) is 1.92. The molecule has 0 aliphatic carbocycles. The van der Waals surface area contributed by atoms with Crippen molar-refractivity contribution in [3.05, 3.63) is 28.3 Å². The van der Waals surface area contributed by atoms with Gasteiger partial charge < -0.3 is 14.8 Å². The smallest absolute Gasteiger partial charge is 0.270 e. The van der Waals surface area contributed by atoms with Gasteiger partial charge >= 0.3 is 0 Å². The number of hydrogen-bond donors (Lipinski definition) is 1. The molecule has 1 aliphatic rings. The number of aryl methyl sites for hydroxylation is 2. The number of amides is 1. The van der Waals surface area contributed by atoms with E-state index in [-0.39, 0.29) is 5.91 Å². The molecule has 1 aliphatic heterocycles. The lowest BCUT2D eigenvalue weighted by Gasteiger charge is -2.31. The van der Waals surface area contributed by atoms with E-state index in [1.165, 1.54) is 0 Å². The SMILES string of the molecule is Cc1nc(-c2cc(C(=O)N3CCNC(C)C3)n(C)c2)cs1. The predicted octanol–water partition coefficient (Wildman–Crippen LogP) is 1.89. The topological polar surface area (TPSA) is 50.2 Å². The summed E-state index contributed by atoms with van der Waals surface area (Å²) in [4.78, 5) is 19.1. The highest BCUT2D eigenvalue weighted by Gasteiger charge is 2.24. The Labute approximate surface area is 128 Å². The molecule has 0 saturated carbocycles. The molecule has 0 spiro atoms. The van der Waals surface area contributed by atoms with E-state index in [0.717, 1.165) is 41.6 Å².